The number of hydrogen-bond donors (Lipinski definition) is 1. The molecule has 1 heterocycles. The summed E-state index contributed by atoms with van der Waals surface area (Å²) in [6.45, 7) is 0. The summed E-state index contributed by atoms with van der Waals surface area (Å²) in [5, 5.41) is 1.23. The molecule has 0 fully saturated rings. The number of hydrogen-bond acceptors (Lipinski definition) is 1. The molecule has 0 aliphatic rings. The van der Waals surface area contributed by atoms with Gasteiger partial charge in [0.2, 0.25) is 0 Å². The van der Waals surface area contributed by atoms with Gasteiger partial charge in [0, 0.05) is 33.2 Å². The summed E-state index contributed by atoms with van der Waals surface area (Å²) in [5.41, 5.74) is 1.20. The highest BCUT2D eigenvalue weighted by molar-refractivity contribution is 6.31. The lowest BCUT2D eigenvalue weighted by Crippen LogP contribution is -2.01. The van der Waals surface area contributed by atoms with Crippen molar-refractivity contribution in [2.75, 3.05) is 0 Å². The number of fused-ring (bicyclic) bond motifs is 1. The number of aromatic nitrogens is 1. The van der Waals surface area contributed by atoms with Crippen molar-refractivity contribution in [3.63, 3.8) is 0 Å². The van der Waals surface area contributed by atoms with Crippen molar-refractivity contribution in [3.05, 3.63) is 70.4 Å². The molecule has 0 unspecified atom stereocenters. The number of rotatable bonds is 2. The molecule has 0 atom stereocenters. The van der Waals surface area contributed by atoms with Gasteiger partial charge in [-0.3, -0.25) is 4.79 Å². The van der Waals surface area contributed by atoms with Gasteiger partial charge in [-0.2, -0.15) is 0 Å². The molecule has 0 radical (unpaired) electrons. The molecule has 0 aliphatic heterocycles. The summed E-state index contributed by atoms with van der Waals surface area (Å²) in [4.78, 5) is 15.3. The number of nitrogens with one attached hydrogen (secondary N) is 1. The number of halogens is 3. The number of aromatic amines is 1. The number of carbonyl (C=O) groups excluding carboxylic acids is 1. The molecule has 0 amide bonds. The van der Waals surface area contributed by atoms with Crippen molar-refractivity contribution < 1.29 is 13.6 Å². The van der Waals surface area contributed by atoms with E-state index in [-0.39, 0.29) is 11.3 Å². The van der Waals surface area contributed by atoms with Gasteiger partial charge in [-0.25, -0.2) is 8.78 Å². The average molecular weight is 292 g/mol. The standard InChI is InChI=1S/C15H8ClF2NO/c16-9-2-3-10-11(7-19-14(10)6-9)15(20)8-1-4-12(17)13(18)5-8/h1-7,19H. The van der Waals surface area contributed by atoms with Crippen LogP contribution in [0.15, 0.2) is 42.6 Å². The van der Waals surface area contributed by atoms with Crippen molar-refractivity contribution in [2.24, 2.45) is 0 Å². The van der Waals surface area contributed by atoms with Crippen LogP contribution >= 0.6 is 11.6 Å². The molecule has 2 nitrogen and oxygen atoms in total. The minimum Gasteiger partial charge on any atom is -0.360 e. The highest BCUT2D eigenvalue weighted by atomic mass is 35.5. The minimum atomic E-state index is -1.04. The summed E-state index contributed by atoms with van der Waals surface area (Å²) in [7, 11) is 0. The van der Waals surface area contributed by atoms with Gasteiger partial charge in [0.25, 0.3) is 0 Å². The summed E-state index contributed by atoms with van der Waals surface area (Å²) in [6.07, 6.45) is 1.53. The molecular weight excluding hydrogens is 284 g/mol. The largest absolute Gasteiger partial charge is 0.360 e. The van der Waals surface area contributed by atoms with Crippen LogP contribution in [0.3, 0.4) is 0 Å². The highest BCUT2D eigenvalue weighted by Crippen LogP contribution is 2.24. The van der Waals surface area contributed by atoms with E-state index in [0.717, 1.165) is 12.1 Å². The number of ketones is 1. The zero-order valence-electron chi connectivity index (χ0n) is 10.1. The summed E-state index contributed by atoms with van der Waals surface area (Å²) < 4.78 is 26.1. The zero-order chi connectivity index (χ0) is 14.3. The quantitative estimate of drug-likeness (QED) is 0.700. The van der Waals surface area contributed by atoms with Crippen molar-refractivity contribution in [1.29, 1.82) is 0 Å². The third kappa shape index (κ3) is 2.08. The predicted octanol–water partition coefficient (Wildman–Crippen LogP) is 4.33. The second-order valence-corrected chi connectivity index (χ2v) is 4.79. The molecule has 3 rings (SSSR count). The molecule has 0 bridgehead atoms. The number of carbonyl (C=O) groups is 1. The van der Waals surface area contributed by atoms with E-state index < -0.39 is 11.6 Å². The van der Waals surface area contributed by atoms with Crippen LogP contribution in [0.4, 0.5) is 8.78 Å². The van der Waals surface area contributed by atoms with Crippen molar-refractivity contribution in [2.45, 2.75) is 0 Å². The Morgan fingerprint density at radius 1 is 1.05 bits per heavy atom. The van der Waals surface area contributed by atoms with E-state index in [2.05, 4.69) is 4.98 Å². The molecule has 2 aromatic carbocycles. The van der Waals surface area contributed by atoms with Crippen LogP contribution < -0.4 is 0 Å². The van der Waals surface area contributed by atoms with Crippen LogP contribution in [-0.2, 0) is 0 Å². The van der Waals surface area contributed by atoms with Crippen LogP contribution in [0.2, 0.25) is 5.02 Å². The van der Waals surface area contributed by atoms with E-state index in [9.17, 15) is 13.6 Å². The van der Waals surface area contributed by atoms with Gasteiger partial charge in [-0.05, 0) is 30.3 Å². The first-order valence-electron chi connectivity index (χ1n) is 5.82. The van der Waals surface area contributed by atoms with Crippen LogP contribution in [0.5, 0.6) is 0 Å². The zero-order valence-corrected chi connectivity index (χ0v) is 10.8. The van der Waals surface area contributed by atoms with E-state index in [4.69, 9.17) is 11.6 Å². The fraction of sp³-hybridized carbons (Fsp3) is 0. The minimum absolute atomic E-state index is 0.0970. The highest BCUT2D eigenvalue weighted by Gasteiger charge is 2.16. The Kier molecular flexibility index (Phi) is 3.03. The third-order valence-electron chi connectivity index (χ3n) is 3.07. The average Bonchev–Trinajstić information content (AvgIpc) is 2.84. The Balaban J connectivity index is 2.10. The maximum atomic E-state index is 13.2. The van der Waals surface area contributed by atoms with E-state index in [1.54, 1.807) is 18.2 Å². The summed E-state index contributed by atoms with van der Waals surface area (Å²) >= 11 is 5.87. The van der Waals surface area contributed by atoms with Crippen LogP contribution in [0, 0.1) is 11.6 Å². The second-order valence-electron chi connectivity index (χ2n) is 4.35. The molecule has 5 heteroatoms. The molecular formula is C15H8ClF2NO. The number of H-pyrrole nitrogens is 1. The van der Waals surface area contributed by atoms with Crippen LogP contribution in [-0.4, -0.2) is 10.8 Å². The maximum absolute atomic E-state index is 13.2. The monoisotopic (exact) mass is 291 g/mol. The fourth-order valence-electron chi connectivity index (χ4n) is 2.08. The van der Waals surface area contributed by atoms with Crippen molar-refractivity contribution >= 4 is 28.3 Å². The normalized spacial score (nSPS) is 10.9. The van der Waals surface area contributed by atoms with Gasteiger partial charge in [-0.1, -0.05) is 17.7 Å². The SMILES string of the molecule is O=C(c1ccc(F)c(F)c1)c1c[nH]c2cc(Cl)ccc12. The van der Waals surface area contributed by atoms with E-state index in [1.807, 2.05) is 0 Å². The van der Waals surface area contributed by atoms with E-state index in [0.29, 0.717) is 21.5 Å². The lowest BCUT2D eigenvalue weighted by atomic mass is 10.0. The molecule has 20 heavy (non-hydrogen) atoms. The van der Waals surface area contributed by atoms with Gasteiger partial charge in [-0.15, -0.1) is 0 Å². The molecule has 0 saturated carbocycles. The molecule has 3 aromatic rings. The Labute approximate surface area is 118 Å². The van der Waals surface area contributed by atoms with Gasteiger partial charge >= 0.3 is 0 Å². The summed E-state index contributed by atoms with van der Waals surface area (Å²) in [5.74, 6) is -2.40. The van der Waals surface area contributed by atoms with Gasteiger partial charge in [0.15, 0.2) is 17.4 Å². The maximum Gasteiger partial charge on any atom is 0.195 e. The topological polar surface area (TPSA) is 32.9 Å². The fourth-order valence-corrected chi connectivity index (χ4v) is 2.25. The molecule has 1 N–H and O–H groups in total. The Morgan fingerprint density at radius 2 is 1.85 bits per heavy atom. The molecule has 0 aliphatic carbocycles. The van der Waals surface area contributed by atoms with E-state index in [1.165, 1.54) is 12.3 Å². The number of benzene rings is 2. The Morgan fingerprint density at radius 3 is 2.60 bits per heavy atom. The van der Waals surface area contributed by atoms with Gasteiger partial charge < -0.3 is 4.98 Å². The first-order chi connectivity index (χ1) is 9.56. The summed E-state index contributed by atoms with van der Waals surface area (Å²) in [6, 6.07) is 8.16. The predicted molar refractivity (Wildman–Crippen MR) is 73.1 cm³/mol. The molecule has 0 spiro atoms. The van der Waals surface area contributed by atoms with Crippen LogP contribution in [0.25, 0.3) is 10.9 Å². The molecule has 1 aromatic heterocycles. The van der Waals surface area contributed by atoms with Gasteiger partial charge in [0.1, 0.15) is 0 Å². The molecule has 100 valence electrons. The van der Waals surface area contributed by atoms with E-state index >= 15 is 0 Å². The molecule has 0 saturated heterocycles. The Bertz CT molecular complexity index is 826. The second kappa shape index (κ2) is 4.72. The first-order valence-corrected chi connectivity index (χ1v) is 6.20. The lowest BCUT2D eigenvalue weighted by Gasteiger charge is -2.01. The third-order valence-corrected chi connectivity index (χ3v) is 3.31. The van der Waals surface area contributed by atoms with Crippen molar-refractivity contribution in [1.82, 2.24) is 4.98 Å². The smallest absolute Gasteiger partial charge is 0.195 e. The first kappa shape index (κ1) is 12.8. The van der Waals surface area contributed by atoms with Gasteiger partial charge in [0.05, 0.1) is 0 Å². The lowest BCUT2D eigenvalue weighted by molar-refractivity contribution is 0.104. The Hall–Kier alpha value is -2.20. The van der Waals surface area contributed by atoms with Crippen LogP contribution in [0.1, 0.15) is 15.9 Å². The van der Waals surface area contributed by atoms with Crippen molar-refractivity contribution in [3.8, 4) is 0 Å².